The second-order valence-electron chi connectivity index (χ2n) is 6.04. The highest BCUT2D eigenvalue weighted by molar-refractivity contribution is 5.33. The number of alkyl halides is 6. The lowest BCUT2D eigenvalue weighted by atomic mass is 10.0. The molecule has 1 fully saturated rings. The molecule has 0 saturated heterocycles. The van der Waals surface area contributed by atoms with Crippen LogP contribution in [0.15, 0.2) is 18.2 Å². The van der Waals surface area contributed by atoms with Crippen LogP contribution in [0.3, 0.4) is 0 Å². The first-order valence-corrected chi connectivity index (χ1v) is 6.41. The second kappa shape index (κ2) is 4.90. The van der Waals surface area contributed by atoms with E-state index in [1.807, 2.05) is 13.8 Å². The van der Waals surface area contributed by atoms with Crippen molar-refractivity contribution >= 4 is 0 Å². The van der Waals surface area contributed by atoms with E-state index >= 15 is 0 Å². The molecule has 1 aromatic rings. The Hall–Kier alpha value is -1.24. The zero-order chi connectivity index (χ0) is 16.1. The van der Waals surface area contributed by atoms with Crippen molar-refractivity contribution in [3.8, 4) is 0 Å². The normalized spacial score (nSPS) is 21.4. The molecule has 118 valence electrons. The second-order valence-corrected chi connectivity index (χ2v) is 6.04. The van der Waals surface area contributed by atoms with Gasteiger partial charge in [-0.05, 0) is 35.6 Å². The fourth-order valence-electron chi connectivity index (χ4n) is 2.18. The van der Waals surface area contributed by atoms with E-state index in [4.69, 9.17) is 0 Å². The standard InChI is InChI=1S/C14H15F6N/c1-12(2)6-11(12)21-7-8-3-9(13(15,16)17)5-10(4-8)14(18,19)20/h3-5,11,21H,6-7H2,1-2H3. The Labute approximate surface area is 118 Å². The quantitative estimate of drug-likeness (QED) is 0.804. The minimum absolute atomic E-state index is 0.0128. The molecule has 1 aliphatic rings. The van der Waals surface area contributed by atoms with Crippen molar-refractivity contribution in [3.05, 3.63) is 34.9 Å². The summed E-state index contributed by atoms with van der Waals surface area (Å²) < 4.78 is 76.1. The predicted molar refractivity (Wildman–Crippen MR) is 65.5 cm³/mol. The molecule has 0 heterocycles. The molecule has 7 heteroatoms. The Bertz CT molecular complexity index is 497. The van der Waals surface area contributed by atoms with E-state index in [1.54, 1.807) is 0 Å². The highest BCUT2D eigenvalue weighted by Crippen LogP contribution is 2.44. The third-order valence-corrected chi connectivity index (χ3v) is 3.71. The van der Waals surface area contributed by atoms with Crippen LogP contribution in [0.1, 0.15) is 37.0 Å². The molecule has 0 aliphatic heterocycles. The Morgan fingerprint density at radius 1 is 1.00 bits per heavy atom. The molecule has 0 amide bonds. The molecule has 21 heavy (non-hydrogen) atoms. The maximum atomic E-state index is 12.7. The van der Waals surface area contributed by atoms with Gasteiger partial charge in [0.25, 0.3) is 0 Å². The highest BCUT2D eigenvalue weighted by atomic mass is 19.4. The molecule has 0 radical (unpaired) electrons. The lowest BCUT2D eigenvalue weighted by Gasteiger charge is -2.15. The molecule has 1 unspecified atom stereocenters. The van der Waals surface area contributed by atoms with Gasteiger partial charge in [-0.15, -0.1) is 0 Å². The van der Waals surface area contributed by atoms with Gasteiger partial charge in [0.2, 0.25) is 0 Å². The summed E-state index contributed by atoms with van der Waals surface area (Å²) >= 11 is 0. The van der Waals surface area contributed by atoms with Gasteiger partial charge in [0.15, 0.2) is 0 Å². The smallest absolute Gasteiger partial charge is 0.309 e. The van der Waals surface area contributed by atoms with Crippen LogP contribution in [0, 0.1) is 5.41 Å². The van der Waals surface area contributed by atoms with E-state index in [1.165, 1.54) is 0 Å². The summed E-state index contributed by atoms with van der Waals surface area (Å²) in [6, 6.07) is 1.79. The van der Waals surface area contributed by atoms with Crippen LogP contribution in [-0.4, -0.2) is 6.04 Å². The Morgan fingerprint density at radius 3 is 1.76 bits per heavy atom. The molecule has 1 aromatic carbocycles. The first-order chi connectivity index (χ1) is 9.39. The first-order valence-electron chi connectivity index (χ1n) is 6.41. The zero-order valence-electron chi connectivity index (χ0n) is 11.5. The largest absolute Gasteiger partial charge is 0.416 e. The van der Waals surface area contributed by atoms with Crippen molar-refractivity contribution in [2.24, 2.45) is 5.41 Å². The van der Waals surface area contributed by atoms with Crippen LogP contribution in [-0.2, 0) is 18.9 Å². The molecule has 0 bridgehead atoms. The highest BCUT2D eigenvalue weighted by Gasteiger charge is 2.45. The SMILES string of the molecule is CC1(C)CC1NCc1cc(C(F)(F)F)cc(C(F)(F)F)c1. The van der Waals surface area contributed by atoms with E-state index in [9.17, 15) is 26.3 Å². The Kier molecular flexibility index (Phi) is 3.76. The number of nitrogens with one attached hydrogen (secondary N) is 1. The van der Waals surface area contributed by atoms with E-state index in [0.717, 1.165) is 18.6 Å². The summed E-state index contributed by atoms with van der Waals surface area (Å²) in [5, 5.41) is 2.99. The van der Waals surface area contributed by atoms with Gasteiger partial charge in [0, 0.05) is 12.6 Å². The Morgan fingerprint density at radius 2 is 1.43 bits per heavy atom. The van der Waals surface area contributed by atoms with E-state index < -0.39 is 23.5 Å². The monoisotopic (exact) mass is 311 g/mol. The maximum absolute atomic E-state index is 12.7. The lowest BCUT2D eigenvalue weighted by molar-refractivity contribution is -0.143. The number of halogens is 6. The van der Waals surface area contributed by atoms with E-state index in [2.05, 4.69) is 5.32 Å². The predicted octanol–water partition coefficient (Wildman–Crippen LogP) is 4.61. The summed E-state index contributed by atoms with van der Waals surface area (Å²) in [7, 11) is 0. The Balaban J connectivity index is 2.23. The van der Waals surface area contributed by atoms with Gasteiger partial charge in [0.1, 0.15) is 0 Å². The number of hydrogen-bond acceptors (Lipinski definition) is 1. The van der Waals surface area contributed by atoms with Crippen molar-refractivity contribution < 1.29 is 26.3 Å². The molecule has 1 aliphatic carbocycles. The fraction of sp³-hybridized carbons (Fsp3) is 0.571. The van der Waals surface area contributed by atoms with Gasteiger partial charge >= 0.3 is 12.4 Å². The molecule has 0 spiro atoms. The van der Waals surface area contributed by atoms with Crippen molar-refractivity contribution in [2.45, 2.75) is 45.2 Å². The molecule has 1 saturated carbocycles. The lowest BCUT2D eigenvalue weighted by Crippen LogP contribution is -2.21. The van der Waals surface area contributed by atoms with Gasteiger partial charge in [-0.3, -0.25) is 0 Å². The summed E-state index contributed by atoms with van der Waals surface area (Å²) in [4.78, 5) is 0. The average Bonchev–Trinajstić information content (AvgIpc) is 2.92. The minimum Gasteiger partial charge on any atom is -0.309 e. The van der Waals surface area contributed by atoms with E-state index in [0.29, 0.717) is 0 Å². The van der Waals surface area contributed by atoms with Crippen LogP contribution >= 0.6 is 0 Å². The van der Waals surface area contributed by atoms with E-state index in [-0.39, 0.29) is 29.6 Å². The summed E-state index contributed by atoms with van der Waals surface area (Å²) in [6.45, 7) is 3.96. The van der Waals surface area contributed by atoms with Crippen LogP contribution in [0.25, 0.3) is 0 Å². The van der Waals surface area contributed by atoms with Gasteiger partial charge in [-0.2, -0.15) is 26.3 Å². The topological polar surface area (TPSA) is 12.0 Å². The van der Waals surface area contributed by atoms with Crippen LogP contribution in [0.2, 0.25) is 0 Å². The van der Waals surface area contributed by atoms with Gasteiger partial charge in [-0.25, -0.2) is 0 Å². The molecule has 1 atom stereocenters. The summed E-state index contributed by atoms with van der Waals surface area (Å²) in [5.74, 6) is 0. The fourth-order valence-corrected chi connectivity index (χ4v) is 2.18. The number of rotatable bonds is 3. The summed E-state index contributed by atoms with van der Waals surface area (Å²) in [6.07, 6.45) is -8.73. The zero-order valence-corrected chi connectivity index (χ0v) is 11.5. The number of hydrogen-bond donors (Lipinski definition) is 1. The molecular weight excluding hydrogens is 296 g/mol. The van der Waals surface area contributed by atoms with Crippen LogP contribution in [0.4, 0.5) is 26.3 Å². The molecule has 1 N–H and O–H groups in total. The van der Waals surface area contributed by atoms with Gasteiger partial charge < -0.3 is 5.32 Å². The molecule has 0 aromatic heterocycles. The molecular formula is C14H15F6N. The van der Waals surface area contributed by atoms with Gasteiger partial charge in [-0.1, -0.05) is 13.8 Å². The maximum Gasteiger partial charge on any atom is 0.416 e. The minimum atomic E-state index is -4.80. The molecule has 2 rings (SSSR count). The third kappa shape index (κ3) is 3.90. The van der Waals surface area contributed by atoms with Crippen LogP contribution < -0.4 is 5.32 Å². The molecule has 1 nitrogen and oxygen atoms in total. The average molecular weight is 311 g/mol. The number of benzene rings is 1. The van der Waals surface area contributed by atoms with Crippen molar-refractivity contribution in [1.29, 1.82) is 0 Å². The van der Waals surface area contributed by atoms with Crippen LogP contribution in [0.5, 0.6) is 0 Å². The first kappa shape index (κ1) is 16.1. The van der Waals surface area contributed by atoms with Crippen molar-refractivity contribution in [2.75, 3.05) is 0 Å². The summed E-state index contributed by atoms with van der Waals surface area (Å²) in [5.41, 5.74) is -2.51. The van der Waals surface area contributed by atoms with Crippen molar-refractivity contribution in [3.63, 3.8) is 0 Å². The third-order valence-electron chi connectivity index (χ3n) is 3.71. The van der Waals surface area contributed by atoms with Crippen molar-refractivity contribution in [1.82, 2.24) is 5.32 Å². The van der Waals surface area contributed by atoms with Gasteiger partial charge in [0.05, 0.1) is 11.1 Å².